The molecule has 0 saturated carbocycles. The highest BCUT2D eigenvalue weighted by Gasteiger charge is 2.13. The highest BCUT2D eigenvalue weighted by atomic mass is 16.5. The highest BCUT2D eigenvalue weighted by molar-refractivity contribution is 5.40. The average Bonchev–Trinajstić information content (AvgIpc) is 2.64. The summed E-state index contributed by atoms with van der Waals surface area (Å²) < 4.78 is 5.42. The van der Waals surface area contributed by atoms with Crippen molar-refractivity contribution in [2.24, 2.45) is 0 Å². The first-order chi connectivity index (χ1) is 6.79. The summed E-state index contributed by atoms with van der Waals surface area (Å²) in [6.07, 6.45) is 1.85. The summed E-state index contributed by atoms with van der Waals surface area (Å²) in [6, 6.07) is 6.33. The van der Waals surface area contributed by atoms with Crippen molar-refractivity contribution in [3.05, 3.63) is 40.7 Å². The van der Waals surface area contributed by atoms with Crippen LogP contribution in [0.4, 0.5) is 0 Å². The van der Waals surface area contributed by atoms with Gasteiger partial charge in [0.2, 0.25) is 6.04 Å². The molecule has 1 aliphatic rings. The highest BCUT2D eigenvalue weighted by Crippen LogP contribution is 2.26. The monoisotopic (exact) mass is 187 g/mol. The maximum absolute atomic E-state index is 6.91. The largest absolute Gasteiger partial charge is 0.493 e. The van der Waals surface area contributed by atoms with Gasteiger partial charge < -0.3 is 9.58 Å². The summed E-state index contributed by atoms with van der Waals surface area (Å²) in [5.74, 6) is 1.02. The van der Waals surface area contributed by atoms with Gasteiger partial charge in [-0.3, -0.25) is 0 Å². The van der Waals surface area contributed by atoms with Crippen LogP contribution in [-0.4, -0.2) is 12.6 Å². The molecule has 2 heteroatoms. The van der Waals surface area contributed by atoms with Crippen molar-refractivity contribution in [3.63, 3.8) is 0 Å². The summed E-state index contributed by atoms with van der Waals surface area (Å²) in [7, 11) is 0. The molecule has 0 aromatic heterocycles. The zero-order valence-corrected chi connectivity index (χ0v) is 8.29. The van der Waals surface area contributed by atoms with E-state index in [1.54, 1.807) is 0 Å². The van der Waals surface area contributed by atoms with E-state index < -0.39 is 0 Å². The topological polar surface area (TPSA) is 13.6 Å². The molecular formula is C12H13NO. The molecule has 0 aliphatic carbocycles. The molecule has 1 aromatic carbocycles. The van der Waals surface area contributed by atoms with E-state index in [1.807, 2.05) is 13.0 Å². The molecular weight excluding hydrogens is 174 g/mol. The van der Waals surface area contributed by atoms with Gasteiger partial charge in [-0.25, -0.2) is 6.57 Å². The molecule has 0 fully saturated rings. The van der Waals surface area contributed by atoms with Crippen molar-refractivity contribution in [1.29, 1.82) is 0 Å². The quantitative estimate of drug-likeness (QED) is 0.648. The molecule has 2 rings (SSSR count). The van der Waals surface area contributed by atoms with Crippen LogP contribution < -0.4 is 4.74 Å². The Hall–Kier alpha value is -1.49. The van der Waals surface area contributed by atoms with E-state index in [1.165, 1.54) is 11.1 Å². The van der Waals surface area contributed by atoms with Gasteiger partial charge in [0.05, 0.1) is 6.61 Å². The fourth-order valence-corrected chi connectivity index (χ4v) is 1.75. The first-order valence-electron chi connectivity index (χ1n) is 4.91. The smallest absolute Gasteiger partial charge is 0.225 e. The van der Waals surface area contributed by atoms with Crippen molar-refractivity contribution in [2.75, 3.05) is 6.61 Å². The Morgan fingerprint density at radius 2 is 2.43 bits per heavy atom. The van der Waals surface area contributed by atoms with Crippen molar-refractivity contribution in [2.45, 2.75) is 25.8 Å². The van der Waals surface area contributed by atoms with Gasteiger partial charge in [0.1, 0.15) is 5.75 Å². The van der Waals surface area contributed by atoms with E-state index in [4.69, 9.17) is 11.3 Å². The molecule has 0 radical (unpaired) electrons. The van der Waals surface area contributed by atoms with E-state index in [2.05, 4.69) is 17.0 Å². The van der Waals surface area contributed by atoms with Crippen LogP contribution >= 0.6 is 0 Å². The number of rotatable bonds is 2. The summed E-state index contributed by atoms with van der Waals surface area (Å²) in [6.45, 7) is 9.67. The van der Waals surface area contributed by atoms with Crippen LogP contribution in [0.3, 0.4) is 0 Å². The van der Waals surface area contributed by atoms with Crippen molar-refractivity contribution in [3.8, 4) is 5.75 Å². The lowest BCUT2D eigenvalue weighted by Crippen LogP contribution is -2.00. The maximum Gasteiger partial charge on any atom is 0.225 e. The third-order valence-corrected chi connectivity index (χ3v) is 2.51. The van der Waals surface area contributed by atoms with Crippen LogP contribution in [-0.2, 0) is 12.8 Å². The summed E-state index contributed by atoms with van der Waals surface area (Å²) in [4.78, 5) is 3.50. The Bertz CT molecular complexity index is 378. The van der Waals surface area contributed by atoms with Crippen molar-refractivity contribution < 1.29 is 4.74 Å². The first-order valence-corrected chi connectivity index (χ1v) is 4.91. The van der Waals surface area contributed by atoms with Crippen LogP contribution in [0.2, 0.25) is 0 Å². The van der Waals surface area contributed by atoms with E-state index in [-0.39, 0.29) is 6.04 Å². The average molecular weight is 187 g/mol. The zero-order chi connectivity index (χ0) is 9.97. The number of hydrogen-bond acceptors (Lipinski definition) is 1. The van der Waals surface area contributed by atoms with Crippen LogP contribution in [0.25, 0.3) is 4.85 Å². The molecule has 1 atom stereocenters. The molecule has 2 nitrogen and oxygen atoms in total. The summed E-state index contributed by atoms with van der Waals surface area (Å²) in [5.41, 5.74) is 2.54. The van der Waals surface area contributed by atoms with Gasteiger partial charge in [-0.1, -0.05) is 12.1 Å². The Balaban J connectivity index is 2.17. The van der Waals surface area contributed by atoms with Gasteiger partial charge in [-0.15, -0.1) is 0 Å². The van der Waals surface area contributed by atoms with E-state index in [0.717, 1.165) is 25.2 Å². The van der Waals surface area contributed by atoms with Crippen molar-refractivity contribution in [1.82, 2.24) is 0 Å². The molecule has 0 saturated heterocycles. The number of fused-ring (bicyclic) bond motifs is 1. The predicted octanol–water partition coefficient (Wildman–Crippen LogP) is 2.47. The normalized spacial score (nSPS) is 15.4. The third kappa shape index (κ3) is 1.72. The van der Waals surface area contributed by atoms with Crippen LogP contribution in [0.15, 0.2) is 18.2 Å². The number of nitrogens with zero attached hydrogens (tertiary/aromatic N) is 1. The minimum Gasteiger partial charge on any atom is -0.493 e. The zero-order valence-electron chi connectivity index (χ0n) is 8.29. The second kappa shape index (κ2) is 3.71. The van der Waals surface area contributed by atoms with Crippen LogP contribution in [0.5, 0.6) is 5.75 Å². The van der Waals surface area contributed by atoms with E-state index >= 15 is 0 Å². The Labute approximate surface area is 84.3 Å². The fraction of sp³-hybridized carbons (Fsp3) is 0.417. The fourth-order valence-electron chi connectivity index (χ4n) is 1.75. The molecule has 1 unspecified atom stereocenters. The molecule has 0 N–H and O–H groups in total. The van der Waals surface area contributed by atoms with E-state index in [9.17, 15) is 0 Å². The molecule has 14 heavy (non-hydrogen) atoms. The Morgan fingerprint density at radius 3 is 3.21 bits per heavy atom. The van der Waals surface area contributed by atoms with E-state index in [0.29, 0.717) is 0 Å². The van der Waals surface area contributed by atoms with Crippen LogP contribution in [0, 0.1) is 6.57 Å². The second-order valence-electron chi connectivity index (χ2n) is 3.72. The lowest BCUT2D eigenvalue weighted by atomic mass is 10.0. The molecule has 0 bridgehead atoms. The Morgan fingerprint density at radius 1 is 1.57 bits per heavy atom. The SMILES string of the molecule is [C-]#[N+]C(C)Cc1ccc2c(c1)CCO2. The van der Waals surface area contributed by atoms with Crippen LogP contribution in [0.1, 0.15) is 18.1 Å². The molecule has 1 aromatic rings. The standard InChI is InChI=1S/C12H13NO/c1-9(13-2)7-10-3-4-12-11(8-10)5-6-14-12/h3-4,8-9H,5-7H2,1H3. The molecule has 1 aliphatic heterocycles. The first kappa shape index (κ1) is 9.08. The third-order valence-electron chi connectivity index (χ3n) is 2.51. The number of hydrogen-bond donors (Lipinski definition) is 0. The second-order valence-corrected chi connectivity index (χ2v) is 3.72. The minimum atomic E-state index is 0.0790. The Kier molecular flexibility index (Phi) is 2.41. The lowest BCUT2D eigenvalue weighted by molar-refractivity contribution is 0.357. The number of ether oxygens (including phenoxy) is 1. The predicted molar refractivity (Wildman–Crippen MR) is 55.4 cm³/mol. The lowest BCUT2D eigenvalue weighted by Gasteiger charge is -2.03. The van der Waals surface area contributed by atoms with Gasteiger partial charge in [-0.2, -0.15) is 0 Å². The maximum atomic E-state index is 6.91. The summed E-state index contributed by atoms with van der Waals surface area (Å²) in [5, 5.41) is 0. The minimum absolute atomic E-state index is 0.0790. The van der Waals surface area contributed by atoms with Gasteiger partial charge in [0.15, 0.2) is 0 Å². The molecule has 0 amide bonds. The summed E-state index contributed by atoms with van der Waals surface area (Å²) >= 11 is 0. The molecule has 1 heterocycles. The van der Waals surface area contributed by atoms with Crippen molar-refractivity contribution >= 4 is 0 Å². The van der Waals surface area contributed by atoms with Gasteiger partial charge in [0.25, 0.3) is 0 Å². The van der Waals surface area contributed by atoms with Gasteiger partial charge in [-0.05, 0) is 17.2 Å². The number of benzene rings is 1. The van der Waals surface area contributed by atoms with Gasteiger partial charge >= 0.3 is 0 Å². The van der Waals surface area contributed by atoms with Gasteiger partial charge in [0, 0.05) is 19.8 Å². The molecule has 0 spiro atoms. The molecule has 72 valence electrons.